The highest BCUT2D eigenvalue weighted by atomic mass is 19.1. The van der Waals surface area contributed by atoms with Gasteiger partial charge in [0.05, 0.1) is 5.69 Å². The van der Waals surface area contributed by atoms with Crippen LogP contribution >= 0.6 is 0 Å². The van der Waals surface area contributed by atoms with Crippen molar-refractivity contribution in [1.29, 1.82) is 5.26 Å². The highest BCUT2D eigenvalue weighted by Crippen LogP contribution is 2.23. The maximum atomic E-state index is 12.8. The summed E-state index contributed by atoms with van der Waals surface area (Å²) in [6, 6.07) is 10.0. The molecule has 3 nitrogen and oxygen atoms in total. The van der Waals surface area contributed by atoms with Gasteiger partial charge in [0.2, 0.25) is 0 Å². The molecule has 0 fully saturated rings. The van der Waals surface area contributed by atoms with Crippen LogP contribution in [-0.4, -0.2) is 4.57 Å². The summed E-state index contributed by atoms with van der Waals surface area (Å²) in [5.41, 5.74) is 3.21. The van der Waals surface area contributed by atoms with Gasteiger partial charge in [-0.3, -0.25) is 0 Å². The van der Waals surface area contributed by atoms with Crippen LogP contribution in [0, 0.1) is 24.1 Å². The summed E-state index contributed by atoms with van der Waals surface area (Å²) in [6.07, 6.45) is 0. The third-order valence-corrected chi connectivity index (χ3v) is 2.77. The van der Waals surface area contributed by atoms with Crippen LogP contribution in [0.25, 0.3) is 0 Å². The number of benzene rings is 1. The van der Waals surface area contributed by atoms with Gasteiger partial charge in [0.25, 0.3) is 0 Å². The number of aromatic nitrogens is 1. The number of hydrogen-bond acceptors (Lipinski definition) is 2. The Bertz CT molecular complexity index is 576. The fourth-order valence-corrected chi connectivity index (χ4v) is 1.62. The summed E-state index contributed by atoms with van der Waals surface area (Å²) in [4.78, 5) is 0. The molecule has 0 saturated heterocycles. The molecule has 86 valence electrons. The Labute approximate surface area is 99.1 Å². The van der Waals surface area contributed by atoms with Gasteiger partial charge in [-0.2, -0.15) is 5.26 Å². The van der Waals surface area contributed by atoms with Crippen LogP contribution in [0.4, 0.5) is 15.8 Å². The van der Waals surface area contributed by atoms with E-state index in [1.807, 2.05) is 18.5 Å². The van der Waals surface area contributed by atoms with Crippen LogP contribution in [-0.2, 0) is 7.05 Å². The minimum atomic E-state index is -0.266. The average Bonchev–Trinajstić information content (AvgIpc) is 2.60. The van der Waals surface area contributed by atoms with E-state index in [9.17, 15) is 4.39 Å². The van der Waals surface area contributed by atoms with Crippen molar-refractivity contribution in [3.05, 3.63) is 47.5 Å². The monoisotopic (exact) mass is 229 g/mol. The molecule has 17 heavy (non-hydrogen) atoms. The van der Waals surface area contributed by atoms with Crippen molar-refractivity contribution in [2.75, 3.05) is 5.32 Å². The van der Waals surface area contributed by atoms with E-state index in [1.54, 1.807) is 18.2 Å². The second kappa shape index (κ2) is 4.30. The lowest BCUT2D eigenvalue weighted by molar-refractivity contribution is 0.628. The van der Waals surface area contributed by atoms with Crippen molar-refractivity contribution in [2.24, 2.45) is 7.05 Å². The van der Waals surface area contributed by atoms with E-state index in [1.165, 1.54) is 12.1 Å². The summed E-state index contributed by atoms with van der Waals surface area (Å²) in [7, 11) is 1.84. The van der Waals surface area contributed by atoms with E-state index in [0.29, 0.717) is 5.69 Å². The molecule has 0 saturated carbocycles. The average molecular weight is 229 g/mol. The number of rotatable bonds is 2. The van der Waals surface area contributed by atoms with Crippen LogP contribution in [0.3, 0.4) is 0 Å². The zero-order valence-electron chi connectivity index (χ0n) is 9.66. The second-order valence-electron chi connectivity index (χ2n) is 3.83. The fourth-order valence-electron chi connectivity index (χ4n) is 1.62. The first-order chi connectivity index (χ1) is 8.11. The Morgan fingerprint density at radius 2 is 1.94 bits per heavy atom. The molecule has 2 rings (SSSR count). The Morgan fingerprint density at radius 1 is 1.29 bits per heavy atom. The van der Waals surface area contributed by atoms with Crippen molar-refractivity contribution in [2.45, 2.75) is 6.92 Å². The van der Waals surface area contributed by atoms with Crippen molar-refractivity contribution >= 4 is 11.4 Å². The maximum absolute atomic E-state index is 12.8. The van der Waals surface area contributed by atoms with Crippen LogP contribution < -0.4 is 5.32 Å². The Hall–Kier alpha value is -2.28. The molecule has 0 aliphatic rings. The summed E-state index contributed by atoms with van der Waals surface area (Å²) in [6.45, 7) is 1.92. The number of halogens is 1. The first-order valence-corrected chi connectivity index (χ1v) is 5.21. The molecule has 0 spiro atoms. The Kier molecular flexibility index (Phi) is 2.84. The standard InChI is InChI=1S/C13H12FN3/c1-9-13(7-12(8-15)17(9)2)16-11-5-3-10(14)4-6-11/h3-7,16H,1-2H3. The predicted octanol–water partition coefficient (Wildman–Crippen LogP) is 3.09. The molecule has 0 aliphatic carbocycles. The zero-order chi connectivity index (χ0) is 12.4. The molecule has 1 aromatic carbocycles. The molecule has 0 amide bonds. The van der Waals surface area contributed by atoms with E-state index in [2.05, 4.69) is 11.4 Å². The molecule has 1 aromatic heterocycles. The predicted molar refractivity (Wildman–Crippen MR) is 64.5 cm³/mol. The van der Waals surface area contributed by atoms with Gasteiger partial charge in [0, 0.05) is 18.4 Å². The first kappa shape index (κ1) is 11.2. The van der Waals surface area contributed by atoms with E-state index in [-0.39, 0.29) is 5.82 Å². The van der Waals surface area contributed by atoms with Gasteiger partial charge in [-0.25, -0.2) is 4.39 Å². The number of anilines is 2. The lowest BCUT2D eigenvalue weighted by atomic mass is 10.3. The van der Waals surface area contributed by atoms with Gasteiger partial charge in [-0.05, 0) is 37.3 Å². The quantitative estimate of drug-likeness (QED) is 0.859. The number of hydrogen-bond donors (Lipinski definition) is 1. The molecular weight excluding hydrogens is 217 g/mol. The van der Waals surface area contributed by atoms with Crippen LogP contribution in [0.15, 0.2) is 30.3 Å². The molecule has 0 radical (unpaired) electrons. The fraction of sp³-hybridized carbons (Fsp3) is 0.154. The summed E-state index contributed by atoms with van der Waals surface area (Å²) < 4.78 is 14.6. The first-order valence-electron chi connectivity index (χ1n) is 5.21. The lowest BCUT2D eigenvalue weighted by Gasteiger charge is -2.06. The minimum absolute atomic E-state index is 0.266. The van der Waals surface area contributed by atoms with Gasteiger partial charge in [-0.15, -0.1) is 0 Å². The molecule has 1 heterocycles. The number of nitriles is 1. The van der Waals surface area contributed by atoms with Crippen molar-refractivity contribution < 1.29 is 4.39 Å². The van der Waals surface area contributed by atoms with Crippen molar-refractivity contribution in [3.8, 4) is 6.07 Å². The van der Waals surface area contributed by atoms with E-state index in [0.717, 1.165) is 17.1 Å². The molecular formula is C13H12FN3. The molecule has 0 bridgehead atoms. The van der Waals surface area contributed by atoms with Gasteiger partial charge in [-0.1, -0.05) is 0 Å². The highest BCUT2D eigenvalue weighted by Gasteiger charge is 2.08. The normalized spacial score (nSPS) is 10.0. The van der Waals surface area contributed by atoms with Gasteiger partial charge < -0.3 is 9.88 Å². The highest BCUT2D eigenvalue weighted by molar-refractivity contribution is 5.64. The minimum Gasteiger partial charge on any atom is -0.354 e. The molecule has 0 unspecified atom stereocenters. The second-order valence-corrected chi connectivity index (χ2v) is 3.83. The third kappa shape index (κ3) is 2.13. The third-order valence-electron chi connectivity index (χ3n) is 2.77. The molecule has 0 aliphatic heterocycles. The topological polar surface area (TPSA) is 40.8 Å². The number of nitrogens with one attached hydrogen (secondary N) is 1. The SMILES string of the molecule is Cc1c(Nc2ccc(F)cc2)cc(C#N)n1C. The summed E-state index contributed by atoms with van der Waals surface area (Å²) >= 11 is 0. The Morgan fingerprint density at radius 3 is 2.47 bits per heavy atom. The molecule has 4 heteroatoms. The summed E-state index contributed by atoms with van der Waals surface area (Å²) in [5, 5.41) is 12.1. The van der Waals surface area contributed by atoms with Gasteiger partial charge >= 0.3 is 0 Å². The van der Waals surface area contributed by atoms with Gasteiger partial charge in [0.15, 0.2) is 0 Å². The lowest BCUT2D eigenvalue weighted by Crippen LogP contribution is -1.96. The largest absolute Gasteiger partial charge is 0.354 e. The zero-order valence-corrected chi connectivity index (χ0v) is 9.66. The number of nitrogens with zero attached hydrogens (tertiary/aromatic N) is 2. The van der Waals surface area contributed by atoms with Gasteiger partial charge in [0.1, 0.15) is 17.6 Å². The van der Waals surface area contributed by atoms with E-state index in [4.69, 9.17) is 5.26 Å². The van der Waals surface area contributed by atoms with Crippen LogP contribution in [0.5, 0.6) is 0 Å². The van der Waals surface area contributed by atoms with E-state index < -0.39 is 0 Å². The Balaban J connectivity index is 2.31. The van der Waals surface area contributed by atoms with Crippen molar-refractivity contribution in [1.82, 2.24) is 4.57 Å². The molecule has 1 N–H and O–H groups in total. The smallest absolute Gasteiger partial charge is 0.123 e. The van der Waals surface area contributed by atoms with Crippen LogP contribution in [0.1, 0.15) is 11.4 Å². The summed E-state index contributed by atoms with van der Waals surface area (Å²) in [5.74, 6) is -0.266. The molecule has 2 aromatic rings. The maximum Gasteiger partial charge on any atom is 0.123 e. The van der Waals surface area contributed by atoms with Crippen molar-refractivity contribution in [3.63, 3.8) is 0 Å². The van der Waals surface area contributed by atoms with Crippen LogP contribution in [0.2, 0.25) is 0 Å². The van der Waals surface area contributed by atoms with E-state index >= 15 is 0 Å². The molecule has 0 atom stereocenters.